The molecule has 0 aliphatic carbocycles. The van der Waals surface area contributed by atoms with E-state index < -0.39 is 5.76 Å². The Bertz CT molecular complexity index is 984. The van der Waals surface area contributed by atoms with Crippen molar-refractivity contribution >= 4 is 22.7 Å². The van der Waals surface area contributed by atoms with E-state index in [1.54, 1.807) is 25.1 Å². The number of hydrogen-bond acceptors (Lipinski definition) is 4. The molecule has 0 radical (unpaired) electrons. The number of nitrogens with zero attached hydrogens (tertiary/aromatic N) is 1. The first-order valence-electron chi connectivity index (χ1n) is 7.14. The van der Waals surface area contributed by atoms with E-state index in [0.717, 1.165) is 0 Å². The molecular weight excluding hydrogens is 320 g/mol. The lowest BCUT2D eigenvalue weighted by Gasteiger charge is -2.15. The number of hydrogen-bond donors (Lipinski definition) is 1. The Morgan fingerprint density at radius 2 is 2.13 bits per heavy atom. The fourth-order valence-electron chi connectivity index (χ4n) is 2.50. The number of oxazole rings is 1. The van der Waals surface area contributed by atoms with Crippen LogP contribution in [0.15, 0.2) is 38.3 Å². The fourth-order valence-corrected chi connectivity index (χ4v) is 2.73. The predicted molar refractivity (Wildman–Crippen MR) is 87.6 cm³/mol. The Kier molecular flexibility index (Phi) is 4.00. The molecule has 3 aromatic rings. The van der Waals surface area contributed by atoms with E-state index in [-0.39, 0.29) is 23.2 Å². The van der Waals surface area contributed by atoms with Gasteiger partial charge in [-0.05, 0) is 26.0 Å². The number of benzene rings is 1. The van der Waals surface area contributed by atoms with Crippen molar-refractivity contribution in [3.05, 3.63) is 61.4 Å². The van der Waals surface area contributed by atoms with Crippen LogP contribution in [-0.4, -0.2) is 16.2 Å². The van der Waals surface area contributed by atoms with Crippen LogP contribution >= 0.6 is 11.6 Å². The normalized spacial score (nSPS) is 11.1. The topological polar surface area (TPSA) is 77.2 Å². The van der Waals surface area contributed by atoms with Gasteiger partial charge in [-0.25, -0.2) is 4.79 Å². The zero-order valence-corrected chi connectivity index (χ0v) is 13.4. The van der Waals surface area contributed by atoms with Gasteiger partial charge < -0.3 is 13.7 Å². The summed E-state index contributed by atoms with van der Waals surface area (Å²) in [7, 11) is 0. The molecule has 1 N–H and O–H groups in total. The second-order valence-electron chi connectivity index (χ2n) is 5.08. The van der Waals surface area contributed by atoms with Gasteiger partial charge in [-0.2, -0.15) is 0 Å². The summed E-state index contributed by atoms with van der Waals surface area (Å²) < 4.78 is 12.1. The monoisotopic (exact) mass is 334 g/mol. The lowest BCUT2D eigenvalue weighted by Crippen LogP contribution is -2.23. The van der Waals surface area contributed by atoms with Gasteiger partial charge in [0, 0.05) is 22.3 Å². The highest BCUT2D eigenvalue weighted by atomic mass is 35.5. The van der Waals surface area contributed by atoms with Gasteiger partial charge in [-0.1, -0.05) is 17.7 Å². The van der Waals surface area contributed by atoms with Gasteiger partial charge in [0.2, 0.25) is 0 Å². The summed E-state index contributed by atoms with van der Waals surface area (Å²) in [6.45, 7) is 4.38. The summed E-state index contributed by atoms with van der Waals surface area (Å²) in [5, 5.41) is 0.517. The first-order valence-corrected chi connectivity index (χ1v) is 7.52. The zero-order valence-electron chi connectivity index (χ0n) is 12.7. The van der Waals surface area contributed by atoms with Crippen LogP contribution in [0, 0.1) is 6.92 Å². The number of aromatic nitrogens is 2. The summed E-state index contributed by atoms with van der Waals surface area (Å²) >= 11 is 6.27. The Hall–Kier alpha value is -2.47. The number of ether oxygens (including phenoxy) is 1. The van der Waals surface area contributed by atoms with E-state index in [1.807, 2.05) is 13.0 Å². The minimum absolute atomic E-state index is 0.144. The first kappa shape index (κ1) is 15.4. The number of aromatic amines is 1. The third-order valence-corrected chi connectivity index (χ3v) is 3.95. The molecule has 6 nitrogen and oxygen atoms in total. The van der Waals surface area contributed by atoms with Crippen LogP contribution in [-0.2, 0) is 6.54 Å². The van der Waals surface area contributed by atoms with Crippen molar-refractivity contribution in [2.75, 3.05) is 6.61 Å². The Morgan fingerprint density at radius 1 is 1.35 bits per heavy atom. The Labute approximate surface area is 136 Å². The summed E-state index contributed by atoms with van der Waals surface area (Å²) in [6.07, 6.45) is 0. The zero-order chi connectivity index (χ0) is 16.6. The summed E-state index contributed by atoms with van der Waals surface area (Å²) in [5.41, 5.74) is 1.43. The van der Waals surface area contributed by atoms with Gasteiger partial charge in [-0.3, -0.25) is 9.78 Å². The molecule has 1 aromatic carbocycles. The highest BCUT2D eigenvalue weighted by Crippen LogP contribution is 2.27. The number of fused-ring (bicyclic) bond motifs is 1. The Balaban J connectivity index is 2.16. The van der Waals surface area contributed by atoms with E-state index in [4.69, 9.17) is 20.8 Å². The maximum Gasteiger partial charge on any atom is 0.417 e. The van der Waals surface area contributed by atoms with Gasteiger partial charge in [0.25, 0.3) is 5.56 Å². The second kappa shape index (κ2) is 5.96. The van der Waals surface area contributed by atoms with Crippen LogP contribution in [0.4, 0.5) is 0 Å². The third kappa shape index (κ3) is 2.77. The summed E-state index contributed by atoms with van der Waals surface area (Å²) in [4.78, 5) is 26.3. The van der Waals surface area contributed by atoms with Crippen molar-refractivity contribution < 1.29 is 9.15 Å². The molecule has 0 amide bonds. The Morgan fingerprint density at radius 3 is 2.87 bits per heavy atom. The van der Waals surface area contributed by atoms with Crippen molar-refractivity contribution in [1.29, 1.82) is 0 Å². The van der Waals surface area contributed by atoms with E-state index in [9.17, 15) is 9.59 Å². The molecule has 0 atom stereocenters. The standard InChI is InChI=1S/C16H15ClN2O4/c1-3-22-12-6-4-5-11(17)10(12)8-19-9(2)7-13-14(15(19)20)18-16(21)23-13/h4-7H,3,8H2,1-2H3,(H,18,21). The number of H-pyrrole nitrogens is 1. The number of halogens is 1. The average molecular weight is 335 g/mol. The number of rotatable bonds is 4. The molecule has 7 heteroatoms. The lowest BCUT2D eigenvalue weighted by molar-refractivity contribution is 0.335. The summed E-state index contributed by atoms with van der Waals surface area (Å²) in [5.74, 6) is -0.0194. The van der Waals surface area contributed by atoms with Crippen LogP contribution in [0.25, 0.3) is 11.1 Å². The molecule has 3 rings (SSSR count). The van der Waals surface area contributed by atoms with Crippen molar-refractivity contribution in [2.24, 2.45) is 0 Å². The van der Waals surface area contributed by atoms with Gasteiger partial charge in [-0.15, -0.1) is 0 Å². The van der Waals surface area contributed by atoms with Crippen LogP contribution < -0.4 is 16.1 Å². The van der Waals surface area contributed by atoms with Crippen molar-refractivity contribution in [2.45, 2.75) is 20.4 Å². The first-order chi connectivity index (χ1) is 11.0. The number of aryl methyl sites for hydroxylation is 1. The average Bonchev–Trinajstić information content (AvgIpc) is 2.86. The minimum atomic E-state index is -0.651. The van der Waals surface area contributed by atoms with Crippen molar-refractivity contribution in [1.82, 2.24) is 9.55 Å². The van der Waals surface area contributed by atoms with Crippen LogP contribution in [0.3, 0.4) is 0 Å². The van der Waals surface area contributed by atoms with Crippen LogP contribution in [0.2, 0.25) is 5.02 Å². The quantitative estimate of drug-likeness (QED) is 0.795. The summed E-state index contributed by atoms with van der Waals surface area (Å²) in [6, 6.07) is 7.00. The highest BCUT2D eigenvalue weighted by molar-refractivity contribution is 6.31. The number of nitrogens with one attached hydrogen (secondary N) is 1. The molecule has 0 fully saturated rings. The number of pyridine rings is 1. The minimum Gasteiger partial charge on any atom is -0.493 e. The lowest BCUT2D eigenvalue weighted by atomic mass is 10.2. The van der Waals surface area contributed by atoms with Crippen molar-refractivity contribution in [3.63, 3.8) is 0 Å². The maximum absolute atomic E-state index is 12.6. The molecule has 0 unspecified atom stereocenters. The molecule has 2 heterocycles. The fraction of sp³-hybridized carbons (Fsp3) is 0.250. The SMILES string of the molecule is CCOc1cccc(Cl)c1Cn1c(C)cc2oc(=O)[nH]c2c1=O. The van der Waals surface area contributed by atoms with E-state index >= 15 is 0 Å². The molecule has 23 heavy (non-hydrogen) atoms. The van der Waals surface area contributed by atoms with E-state index in [1.165, 1.54) is 4.57 Å². The highest BCUT2D eigenvalue weighted by Gasteiger charge is 2.15. The van der Waals surface area contributed by atoms with E-state index in [2.05, 4.69) is 4.98 Å². The van der Waals surface area contributed by atoms with Gasteiger partial charge in [0.15, 0.2) is 11.1 Å². The molecule has 0 saturated heterocycles. The largest absolute Gasteiger partial charge is 0.493 e. The molecule has 0 saturated carbocycles. The molecule has 0 spiro atoms. The smallest absolute Gasteiger partial charge is 0.417 e. The van der Waals surface area contributed by atoms with E-state index in [0.29, 0.717) is 28.6 Å². The van der Waals surface area contributed by atoms with Gasteiger partial charge in [0.1, 0.15) is 5.75 Å². The molecule has 0 bridgehead atoms. The second-order valence-corrected chi connectivity index (χ2v) is 5.49. The molecule has 0 aliphatic rings. The van der Waals surface area contributed by atoms with Crippen LogP contribution in [0.5, 0.6) is 5.75 Å². The van der Waals surface area contributed by atoms with Crippen molar-refractivity contribution in [3.8, 4) is 5.75 Å². The maximum atomic E-state index is 12.6. The molecule has 120 valence electrons. The molecule has 2 aromatic heterocycles. The molecule has 0 aliphatic heterocycles. The van der Waals surface area contributed by atoms with Crippen LogP contribution in [0.1, 0.15) is 18.2 Å². The predicted octanol–water partition coefficient (Wildman–Crippen LogP) is 2.69. The van der Waals surface area contributed by atoms with Gasteiger partial charge >= 0.3 is 5.76 Å². The molecular formula is C16H15ClN2O4. The van der Waals surface area contributed by atoms with Gasteiger partial charge in [0.05, 0.1) is 13.2 Å². The third-order valence-electron chi connectivity index (χ3n) is 3.59.